The van der Waals surface area contributed by atoms with Crippen LogP contribution >= 0.6 is 23.2 Å². The van der Waals surface area contributed by atoms with Crippen molar-refractivity contribution in [2.75, 3.05) is 0 Å². The minimum atomic E-state index is -4.61. The van der Waals surface area contributed by atoms with Crippen LogP contribution in [0.15, 0.2) is 0 Å². The first-order chi connectivity index (χ1) is 6.32. The van der Waals surface area contributed by atoms with Crippen LogP contribution in [0.3, 0.4) is 0 Å². The summed E-state index contributed by atoms with van der Waals surface area (Å²) in [6.07, 6.45) is -5.81. The van der Waals surface area contributed by atoms with Gasteiger partial charge in [0.05, 0.1) is 0 Å². The van der Waals surface area contributed by atoms with Gasteiger partial charge >= 0.3 is 6.18 Å². The number of halogens is 5. The molecule has 1 nitrogen and oxygen atoms in total. The van der Waals surface area contributed by atoms with Gasteiger partial charge in [0.15, 0.2) is 6.10 Å². The maximum atomic E-state index is 12.2. The molecular weight excluding hydrogens is 240 g/mol. The average Bonchev–Trinajstić information content (AvgIpc) is 2.06. The third-order valence-electron chi connectivity index (χ3n) is 2.49. The van der Waals surface area contributed by atoms with Crippen molar-refractivity contribution in [3.8, 4) is 0 Å². The largest absolute Gasteiger partial charge is 0.414 e. The molecule has 4 atom stereocenters. The Morgan fingerprint density at radius 3 is 2.29 bits per heavy atom. The van der Waals surface area contributed by atoms with Crippen LogP contribution in [0.2, 0.25) is 0 Å². The molecule has 1 saturated carbocycles. The summed E-state index contributed by atoms with van der Waals surface area (Å²) in [6, 6.07) is 0. The fraction of sp³-hybridized carbons (Fsp3) is 1.00. The zero-order chi connectivity index (χ0) is 10.9. The molecule has 0 aromatic carbocycles. The van der Waals surface area contributed by atoms with Gasteiger partial charge in [-0.1, -0.05) is 0 Å². The highest BCUT2D eigenvalue weighted by atomic mass is 35.5. The molecule has 1 aliphatic rings. The van der Waals surface area contributed by atoms with E-state index in [0.717, 1.165) is 0 Å². The van der Waals surface area contributed by atoms with Gasteiger partial charge in [0.2, 0.25) is 0 Å². The third kappa shape index (κ3) is 2.91. The molecule has 0 spiro atoms. The number of hydrogen-bond donors (Lipinski definition) is 1. The summed E-state index contributed by atoms with van der Waals surface area (Å²) in [6.45, 7) is 0. The van der Waals surface area contributed by atoms with E-state index < -0.39 is 23.6 Å². The van der Waals surface area contributed by atoms with Crippen LogP contribution in [-0.2, 0) is 0 Å². The van der Waals surface area contributed by atoms with Crippen molar-refractivity contribution in [2.24, 2.45) is 5.92 Å². The topological polar surface area (TPSA) is 20.2 Å². The van der Waals surface area contributed by atoms with Crippen molar-refractivity contribution in [1.82, 2.24) is 0 Å². The molecular formula is C8H11Cl2F3O. The Bertz CT molecular complexity index is 198. The van der Waals surface area contributed by atoms with Crippen LogP contribution in [0.5, 0.6) is 0 Å². The van der Waals surface area contributed by atoms with Crippen LogP contribution < -0.4 is 0 Å². The molecule has 6 heteroatoms. The summed E-state index contributed by atoms with van der Waals surface area (Å²) in [7, 11) is 0. The Balaban J connectivity index is 2.65. The van der Waals surface area contributed by atoms with Gasteiger partial charge in [-0.25, -0.2) is 0 Å². The molecule has 1 N–H and O–H groups in total. The van der Waals surface area contributed by atoms with Crippen LogP contribution in [0, 0.1) is 5.92 Å². The second-order valence-corrected chi connectivity index (χ2v) is 4.75. The Kier molecular flexibility index (Phi) is 3.95. The van der Waals surface area contributed by atoms with E-state index in [1.165, 1.54) is 0 Å². The van der Waals surface area contributed by atoms with Crippen molar-refractivity contribution in [1.29, 1.82) is 0 Å². The Morgan fingerprint density at radius 1 is 1.21 bits per heavy atom. The van der Waals surface area contributed by atoms with Gasteiger partial charge in [-0.05, 0) is 19.3 Å². The molecule has 0 heterocycles. The van der Waals surface area contributed by atoms with Gasteiger partial charge in [0.25, 0.3) is 0 Å². The third-order valence-corrected chi connectivity index (χ3v) is 3.43. The van der Waals surface area contributed by atoms with Crippen molar-refractivity contribution >= 4 is 23.2 Å². The van der Waals surface area contributed by atoms with Crippen molar-refractivity contribution in [2.45, 2.75) is 42.3 Å². The van der Waals surface area contributed by atoms with Crippen LogP contribution in [0.4, 0.5) is 13.2 Å². The highest BCUT2D eigenvalue weighted by Gasteiger charge is 2.47. The lowest BCUT2D eigenvalue weighted by Gasteiger charge is -2.34. The van der Waals surface area contributed by atoms with E-state index in [4.69, 9.17) is 28.3 Å². The second kappa shape index (κ2) is 4.45. The smallest absolute Gasteiger partial charge is 0.383 e. The van der Waals surface area contributed by atoms with E-state index in [2.05, 4.69) is 0 Å². The van der Waals surface area contributed by atoms with Crippen molar-refractivity contribution in [3.05, 3.63) is 0 Å². The predicted octanol–water partition coefficient (Wildman–Crippen LogP) is 2.92. The molecule has 14 heavy (non-hydrogen) atoms. The standard InChI is InChI=1S/C8H11Cl2F3O/c9-4-1-2-6(10)5(3-4)7(14)8(11,12)13/h4-7,14H,1-3H2/t4?,5-,6+,7?/m0/s1. The Morgan fingerprint density at radius 2 is 1.79 bits per heavy atom. The molecule has 1 rings (SSSR count). The summed E-state index contributed by atoms with van der Waals surface area (Å²) < 4.78 is 36.5. The second-order valence-electron chi connectivity index (χ2n) is 3.58. The van der Waals surface area contributed by atoms with Crippen molar-refractivity contribution in [3.63, 3.8) is 0 Å². The maximum Gasteiger partial charge on any atom is 0.414 e. The lowest BCUT2D eigenvalue weighted by atomic mass is 9.84. The molecule has 0 aliphatic heterocycles. The van der Waals surface area contributed by atoms with Crippen molar-refractivity contribution < 1.29 is 18.3 Å². The van der Waals surface area contributed by atoms with E-state index in [1.807, 2.05) is 0 Å². The normalized spacial score (nSPS) is 36.9. The molecule has 0 saturated heterocycles. The zero-order valence-corrected chi connectivity index (χ0v) is 8.78. The Hall–Kier alpha value is 0.330. The number of rotatable bonds is 1. The molecule has 0 aromatic rings. The quantitative estimate of drug-likeness (QED) is 0.710. The fourth-order valence-corrected chi connectivity index (χ4v) is 2.38. The van der Waals surface area contributed by atoms with Gasteiger partial charge in [-0.15, -0.1) is 23.2 Å². The van der Waals surface area contributed by atoms with Gasteiger partial charge in [-0.3, -0.25) is 0 Å². The molecule has 84 valence electrons. The number of hydrogen-bond acceptors (Lipinski definition) is 1. The van der Waals surface area contributed by atoms with E-state index in [-0.39, 0.29) is 11.8 Å². The molecule has 0 radical (unpaired) electrons. The van der Waals surface area contributed by atoms with Crippen LogP contribution in [-0.4, -0.2) is 28.1 Å². The van der Waals surface area contributed by atoms with Gasteiger partial charge < -0.3 is 5.11 Å². The van der Waals surface area contributed by atoms with Crippen LogP contribution in [0.1, 0.15) is 19.3 Å². The highest BCUT2D eigenvalue weighted by molar-refractivity contribution is 6.22. The highest BCUT2D eigenvalue weighted by Crippen LogP contribution is 2.38. The molecule has 0 amide bonds. The lowest BCUT2D eigenvalue weighted by Crippen LogP contribution is -2.43. The van der Waals surface area contributed by atoms with E-state index in [0.29, 0.717) is 12.8 Å². The van der Waals surface area contributed by atoms with Gasteiger partial charge in [0, 0.05) is 16.7 Å². The van der Waals surface area contributed by atoms with E-state index >= 15 is 0 Å². The molecule has 1 fully saturated rings. The lowest BCUT2D eigenvalue weighted by molar-refractivity contribution is -0.221. The fourth-order valence-electron chi connectivity index (χ4n) is 1.68. The SMILES string of the molecule is OC([C@H]1CC(Cl)CC[C@H]1Cl)C(F)(F)F. The van der Waals surface area contributed by atoms with Gasteiger partial charge in [0.1, 0.15) is 0 Å². The minimum Gasteiger partial charge on any atom is -0.383 e. The zero-order valence-electron chi connectivity index (χ0n) is 7.27. The summed E-state index contributed by atoms with van der Waals surface area (Å²) >= 11 is 11.5. The number of aliphatic hydroxyl groups excluding tert-OH is 1. The summed E-state index contributed by atoms with van der Waals surface area (Å²) in [4.78, 5) is 0. The number of aliphatic hydroxyl groups is 1. The van der Waals surface area contributed by atoms with Crippen LogP contribution in [0.25, 0.3) is 0 Å². The first kappa shape index (κ1) is 12.4. The first-order valence-electron chi connectivity index (χ1n) is 4.35. The average molecular weight is 251 g/mol. The maximum absolute atomic E-state index is 12.2. The summed E-state index contributed by atoms with van der Waals surface area (Å²) in [5.74, 6) is -0.979. The molecule has 1 aliphatic carbocycles. The Labute approximate surface area is 90.2 Å². The first-order valence-corrected chi connectivity index (χ1v) is 5.22. The van der Waals surface area contributed by atoms with E-state index in [1.54, 1.807) is 0 Å². The molecule has 0 aromatic heterocycles. The molecule has 2 unspecified atom stereocenters. The number of alkyl halides is 5. The summed E-state index contributed by atoms with van der Waals surface area (Å²) in [5.41, 5.74) is 0. The van der Waals surface area contributed by atoms with Gasteiger partial charge in [-0.2, -0.15) is 13.2 Å². The minimum absolute atomic E-state index is 0.121. The predicted molar refractivity (Wildman–Crippen MR) is 48.7 cm³/mol. The monoisotopic (exact) mass is 250 g/mol. The molecule has 0 bridgehead atoms. The van der Waals surface area contributed by atoms with E-state index in [9.17, 15) is 13.2 Å². The summed E-state index contributed by atoms with van der Waals surface area (Å²) in [5, 5.41) is 8.08.